The van der Waals surface area contributed by atoms with Crippen LogP contribution in [0.4, 0.5) is 17.1 Å². The molecule has 0 spiro atoms. The maximum atomic E-state index is 6.96. The lowest BCUT2D eigenvalue weighted by Gasteiger charge is -2.28. The molecular weight excluding hydrogens is 583 g/mol. The van der Waals surface area contributed by atoms with Gasteiger partial charge in [-0.2, -0.15) is 0 Å². The van der Waals surface area contributed by atoms with Crippen molar-refractivity contribution >= 4 is 82.1 Å². The summed E-state index contributed by atoms with van der Waals surface area (Å²) < 4.78 is 6.96. The molecule has 0 saturated carbocycles. The fourth-order valence-corrected chi connectivity index (χ4v) is 7.59. The Morgan fingerprint density at radius 1 is 0.333 bits per heavy atom. The molecule has 0 fully saturated rings. The van der Waals surface area contributed by atoms with Crippen LogP contribution in [0.15, 0.2) is 180 Å². The lowest BCUT2D eigenvalue weighted by Crippen LogP contribution is -2.11. The van der Waals surface area contributed by atoms with Gasteiger partial charge < -0.3 is 9.32 Å². The lowest BCUT2D eigenvalue weighted by molar-refractivity contribution is 0.673. The van der Waals surface area contributed by atoms with Crippen LogP contribution >= 0.6 is 0 Å². The van der Waals surface area contributed by atoms with E-state index in [1.807, 2.05) is 0 Å². The van der Waals surface area contributed by atoms with Crippen molar-refractivity contribution in [2.24, 2.45) is 0 Å². The average Bonchev–Trinajstić information content (AvgIpc) is 3.55. The molecule has 0 aliphatic rings. The molecule has 48 heavy (non-hydrogen) atoms. The Labute approximate surface area is 277 Å². The number of anilines is 3. The zero-order valence-corrected chi connectivity index (χ0v) is 26.1. The highest BCUT2D eigenvalue weighted by Crippen LogP contribution is 2.47. The minimum Gasteiger partial charge on any atom is -0.453 e. The third-order valence-electron chi connectivity index (χ3n) is 9.79. The molecule has 1 aromatic heterocycles. The lowest BCUT2D eigenvalue weighted by atomic mass is 9.94. The molecule has 0 aliphatic heterocycles. The Morgan fingerprint density at radius 3 is 1.75 bits per heavy atom. The summed E-state index contributed by atoms with van der Waals surface area (Å²) in [6.45, 7) is 0. The van der Waals surface area contributed by atoms with Crippen LogP contribution in [0.1, 0.15) is 0 Å². The minimum absolute atomic E-state index is 0.871. The van der Waals surface area contributed by atoms with E-state index in [1.54, 1.807) is 0 Å². The van der Waals surface area contributed by atoms with Gasteiger partial charge in [-0.1, -0.05) is 146 Å². The first kappa shape index (κ1) is 26.8. The number of rotatable bonds is 4. The van der Waals surface area contributed by atoms with Gasteiger partial charge in [0.2, 0.25) is 0 Å². The van der Waals surface area contributed by atoms with Crippen LogP contribution in [0.25, 0.3) is 76.2 Å². The van der Waals surface area contributed by atoms with Gasteiger partial charge in [-0.15, -0.1) is 0 Å². The Morgan fingerprint density at radius 2 is 0.896 bits per heavy atom. The Hall–Kier alpha value is -6.38. The van der Waals surface area contributed by atoms with Crippen LogP contribution in [0, 0.1) is 0 Å². The third-order valence-corrected chi connectivity index (χ3v) is 9.79. The second-order valence-electron chi connectivity index (χ2n) is 12.5. The highest BCUT2D eigenvalue weighted by molar-refractivity contribution is 6.25. The first-order valence-electron chi connectivity index (χ1n) is 16.4. The van der Waals surface area contributed by atoms with Crippen molar-refractivity contribution in [3.8, 4) is 11.1 Å². The molecule has 9 aromatic carbocycles. The predicted molar refractivity (Wildman–Crippen MR) is 204 cm³/mol. The van der Waals surface area contributed by atoms with Crippen molar-refractivity contribution in [1.82, 2.24) is 0 Å². The van der Waals surface area contributed by atoms with Crippen molar-refractivity contribution in [3.63, 3.8) is 0 Å². The molecule has 0 bridgehead atoms. The SMILES string of the molecule is c1ccc(-c2cccc(N(c3cccc4c3oc3c5ccccc5ccc43)c3cccc4ccc5ccc6ccccc6c5c34)c2)cc1. The van der Waals surface area contributed by atoms with E-state index in [0.29, 0.717) is 0 Å². The zero-order valence-electron chi connectivity index (χ0n) is 26.1. The topological polar surface area (TPSA) is 16.4 Å². The monoisotopic (exact) mass is 611 g/mol. The molecule has 0 aliphatic carbocycles. The van der Waals surface area contributed by atoms with Gasteiger partial charge in [-0.05, 0) is 73.8 Å². The molecule has 0 radical (unpaired) electrons. The number of furan rings is 1. The number of benzene rings is 9. The fraction of sp³-hybridized carbons (Fsp3) is 0. The molecule has 0 unspecified atom stereocenters. The Kier molecular flexibility index (Phi) is 5.91. The molecule has 10 aromatic rings. The first-order valence-corrected chi connectivity index (χ1v) is 16.4. The van der Waals surface area contributed by atoms with Crippen molar-refractivity contribution < 1.29 is 4.42 Å². The van der Waals surface area contributed by atoms with Gasteiger partial charge in [0.15, 0.2) is 5.58 Å². The van der Waals surface area contributed by atoms with Gasteiger partial charge in [-0.3, -0.25) is 0 Å². The van der Waals surface area contributed by atoms with Gasteiger partial charge in [0.25, 0.3) is 0 Å². The molecule has 224 valence electrons. The van der Waals surface area contributed by atoms with Crippen molar-refractivity contribution in [2.45, 2.75) is 0 Å². The van der Waals surface area contributed by atoms with Crippen LogP contribution in [0.2, 0.25) is 0 Å². The van der Waals surface area contributed by atoms with Crippen LogP contribution in [-0.2, 0) is 0 Å². The molecule has 10 rings (SSSR count). The summed E-state index contributed by atoms with van der Waals surface area (Å²) in [4.78, 5) is 2.41. The second-order valence-corrected chi connectivity index (χ2v) is 12.5. The van der Waals surface area contributed by atoms with Gasteiger partial charge in [-0.25, -0.2) is 0 Å². The molecule has 0 N–H and O–H groups in total. The first-order chi connectivity index (χ1) is 23.8. The standard InChI is InChI=1S/C46H29NO/c1-2-11-30(12-3-1)35-16-8-17-36(29-35)47(42-22-10-20-39-40-28-27-32-14-5-7-19-38(32)45(40)48-46(39)42)41-21-9-15-33-25-26-34-24-23-31-13-4-6-18-37(31)43(34)44(33)41/h1-29H. The summed E-state index contributed by atoms with van der Waals surface area (Å²) in [6, 6.07) is 63.2. The molecule has 2 nitrogen and oxygen atoms in total. The summed E-state index contributed by atoms with van der Waals surface area (Å²) in [5, 5.41) is 11.9. The van der Waals surface area contributed by atoms with E-state index in [0.717, 1.165) is 50.0 Å². The molecule has 2 heteroatoms. The van der Waals surface area contributed by atoms with Gasteiger partial charge >= 0.3 is 0 Å². The number of nitrogens with zero attached hydrogens (tertiary/aromatic N) is 1. The van der Waals surface area contributed by atoms with E-state index in [2.05, 4.69) is 181 Å². The highest BCUT2D eigenvalue weighted by Gasteiger charge is 2.23. The van der Waals surface area contributed by atoms with Gasteiger partial charge in [0.05, 0.1) is 11.4 Å². The van der Waals surface area contributed by atoms with Crippen LogP contribution in [-0.4, -0.2) is 0 Å². The molecule has 0 amide bonds. The minimum atomic E-state index is 0.871. The van der Waals surface area contributed by atoms with Crippen molar-refractivity contribution in [2.75, 3.05) is 4.90 Å². The molecular formula is C46H29NO. The van der Waals surface area contributed by atoms with Gasteiger partial charge in [0.1, 0.15) is 5.58 Å². The highest BCUT2D eigenvalue weighted by atomic mass is 16.3. The van der Waals surface area contributed by atoms with E-state index in [1.165, 1.54) is 43.3 Å². The summed E-state index contributed by atoms with van der Waals surface area (Å²) in [6.07, 6.45) is 0. The van der Waals surface area contributed by atoms with E-state index < -0.39 is 0 Å². The predicted octanol–water partition coefficient (Wildman–Crippen LogP) is 13.3. The van der Waals surface area contributed by atoms with Crippen LogP contribution < -0.4 is 4.90 Å². The Bertz CT molecular complexity index is 2840. The summed E-state index contributed by atoms with van der Waals surface area (Å²) in [5.74, 6) is 0. The second kappa shape index (κ2) is 10.6. The summed E-state index contributed by atoms with van der Waals surface area (Å²) in [5.41, 5.74) is 7.32. The van der Waals surface area contributed by atoms with E-state index in [-0.39, 0.29) is 0 Å². The normalized spacial score (nSPS) is 11.8. The molecule has 0 saturated heterocycles. The number of fused-ring (bicyclic) bond motifs is 10. The quantitative estimate of drug-likeness (QED) is 0.184. The average molecular weight is 612 g/mol. The van der Waals surface area contributed by atoms with E-state index >= 15 is 0 Å². The zero-order chi connectivity index (χ0) is 31.6. The maximum Gasteiger partial charge on any atom is 0.159 e. The Balaban J connectivity index is 1.34. The van der Waals surface area contributed by atoms with Crippen LogP contribution in [0.5, 0.6) is 0 Å². The largest absolute Gasteiger partial charge is 0.453 e. The van der Waals surface area contributed by atoms with E-state index in [9.17, 15) is 0 Å². The fourth-order valence-electron chi connectivity index (χ4n) is 7.59. The molecule has 1 heterocycles. The van der Waals surface area contributed by atoms with Crippen LogP contribution in [0.3, 0.4) is 0 Å². The van der Waals surface area contributed by atoms with Crippen molar-refractivity contribution in [3.05, 3.63) is 176 Å². The summed E-state index contributed by atoms with van der Waals surface area (Å²) >= 11 is 0. The molecule has 0 atom stereocenters. The van der Waals surface area contributed by atoms with Gasteiger partial charge in [0, 0.05) is 27.2 Å². The number of para-hydroxylation sites is 1. The third kappa shape index (κ3) is 4.06. The summed E-state index contributed by atoms with van der Waals surface area (Å²) in [7, 11) is 0. The number of hydrogen-bond acceptors (Lipinski definition) is 2. The van der Waals surface area contributed by atoms with E-state index in [4.69, 9.17) is 4.42 Å². The van der Waals surface area contributed by atoms with Crippen molar-refractivity contribution in [1.29, 1.82) is 0 Å². The number of hydrogen-bond donors (Lipinski definition) is 0. The maximum absolute atomic E-state index is 6.96. The smallest absolute Gasteiger partial charge is 0.159 e.